The molecule has 0 aliphatic carbocycles. The van der Waals surface area contributed by atoms with Crippen LogP contribution >= 0.6 is 27.3 Å². The Hall–Kier alpha value is -1.42. The molecule has 0 unspecified atom stereocenters. The number of sulfonamides is 1. The van der Waals surface area contributed by atoms with Crippen LogP contribution in [0.4, 0.5) is 0 Å². The van der Waals surface area contributed by atoms with Crippen LogP contribution in [0.3, 0.4) is 0 Å². The lowest BCUT2D eigenvalue weighted by molar-refractivity contribution is 0.0695. The van der Waals surface area contributed by atoms with Crippen LogP contribution in [0.5, 0.6) is 5.75 Å². The van der Waals surface area contributed by atoms with Crippen molar-refractivity contribution in [3.8, 4) is 5.75 Å². The minimum atomic E-state index is -3.54. The summed E-state index contributed by atoms with van der Waals surface area (Å²) in [4.78, 5) is 14.2. The first-order valence-electron chi connectivity index (χ1n) is 7.63. The monoisotopic (exact) mass is 444 g/mol. The quantitative estimate of drug-likeness (QED) is 0.788. The van der Waals surface area contributed by atoms with Crippen molar-refractivity contribution >= 4 is 43.2 Å². The Kier molecular flexibility index (Phi) is 5.19. The van der Waals surface area contributed by atoms with E-state index in [2.05, 4.69) is 15.9 Å². The highest BCUT2D eigenvalue weighted by molar-refractivity contribution is 9.11. The summed E-state index contributed by atoms with van der Waals surface area (Å²) in [5.74, 6) is -0.341. The maximum Gasteiger partial charge on any atom is 0.257 e. The summed E-state index contributed by atoms with van der Waals surface area (Å²) < 4.78 is 27.7. The molecule has 25 heavy (non-hydrogen) atoms. The Balaban J connectivity index is 1.71. The summed E-state index contributed by atoms with van der Waals surface area (Å²) in [5, 5.41) is 9.91. The summed E-state index contributed by atoms with van der Waals surface area (Å²) >= 11 is 4.44. The molecular formula is C16H17BrN2O4S2. The van der Waals surface area contributed by atoms with Gasteiger partial charge in [0.2, 0.25) is 0 Å². The number of thiophene rings is 1. The Bertz CT molecular complexity index is 903. The van der Waals surface area contributed by atoms with Crippen LogP contribution in [-0.4, -0.2) is 54.8 Å². The van der Waals surface area contributed by atoms with Crippen molar-refractivity contribution in [3.05, 3.63) is 45.2 Å². The zero-order valence-electron chi connectivity index (χ0n) is 13.5. The Morgan fingerprint density at radius 2 is 1.84 bits per heavy atom. The zero-order chi connectivity index (χ0) is 18.2. The van der Waals surface area contributed by atoms with Crippen LogP contribution in [-0.2, 0) is 10.0 Å². The number of benzene rings is 1. The molecule has 6 nitrogen and oxygen atoms in total. The number of aryl methyl sites for hydroxylation is 1. The molecule has 0 saturated carbocycles. The smallest absolute Gasteiger partial charge is 0.257 e. The van der Waals surface area contributed by atoms with E-state index in [0.29, 0.717) is 0 Å². The maximum atomic E-state index is 12.6. The van der Waals surface area contributed by atoms with E-state index in [4.69, 9.17) is 0 Å². The molecule has 3 rings (SSSR count). The van der Waals surface area contributed by atoms with Gasteiger partial charge in [0.05, 0.1) is 9.35 Å². The number of hydrogen-bond donors (Lipinski definition) is 1. The molecule has 134 valence electrons. The van der Waals surface area contributed by atoms with Gasteiger partial charge in [-0.1, -0.05) is 11.6 Å². The van der Waals surface area contributed by atoms with Crippen molar-refractivity contribution in [2.45, 2.75) is 11.1 Å². The van der Waals surface area contributed by atoms with E-state index in [1.54, 1.807) is 29.2 Å². The number of amides is 1. The van der Waals surface area contributed by atoms with Crippen molar-refractivity contribution in [2.24, 2.45) is 0 Å². The molecule has 1 aromatic heterocycles. The normalized spacial score (nSPS) is 16.2. The molecule has 1 N–H and O–H groups in total. The summed E-state index contributed by atoms with van der Waals surface area (Å²) in [7, 11) is -3.54. The van der Waals surface area contributed by atoms with Crippen molar-refractivity contribution in [1.29, 1.82) is 0 Å². The van der Waals surface area contributed by atoms with Gasteiger partial charge in [-0.15, -0.1) is 11.3 Å². The summed E-state index contributed by atoms with van der Waals surface area (Å²) in [5.41, 5.74) is 1.13. The summed E-state index contributed by atoms with van der Waals surface area (Å²) in [6, 6.07) is 8.15. The van der Waals surface area contributed by atoms with Gasteiger partial charge in [0.25, 0.3) is 15.9 Å². The third-order valence-electron chi connectivity index (χ3n) is 4.05. The number of carbonyl (C=O) groups is 1. The van der Waals surface area contributed by atoms with Gasteiger partial charge in [0.15, 0.2) is 0 Å². The molecule has 2 heterocycles. The van der Waals surface area contributed by atoms with Crippen molar-refractivity contribution in [2.75, 3.05) is 26.2 Å². The number of halogens is 1. The number of piperazine rings is 1. The van der Waals surface area contributed by atoms with E-state index in [1.807, 2.05) is 6.92 Å². The molecule has 1 aromatic carbocycles. The van der Waals surface area contributed by atoms with Gasteiger partial charge in [-0.3, -0.25) is 4.79 Å². The topological polar surface area (TPSA) is 77.9 Å². The lowest BCUT2D eigenvalue weighted by Crippen LogP contribution is -2.50. The minimum absolute atomic E-state index is 0.0610. The van der Waals surface area contributed by atoms with Crippen molar-refractivity contribution in [1.82, 2.24) is 9.21 Å². The van der Waals surface area contributed by atoms with E-state index in [-0.39, 0.29) is 47.6 Å². The van der Waals surface area contributed by atoms with E-state index in [0.717, 1.165) is 9.35 Å². The molecular weight excluding hydrogens is 428 g/mol. The van der Waals surface area contributed by atoms with Crippen molar-refractivity contribution in [3.63, 3.8) is 0 Å². The Morgan fingerprint density at radius 3 is 2.44 bits per heavy atom. The van der Waals surface area contributed by atoms with Crippen LogP contribution < -0.4 is 0 Å². The van der Waals surface area contributed by atoms with Crippen LogP contribution in [0, 0.1) is 6.92 Å². The first kappa shape index (κ1) is 18.4. The number of aromatic hydroxyl groups is 1. The predicted molar refractivity (Wildman–Crippen MR) is 99.5 cm³/mol. The fourth-order valence-corrected chi connectivity index (χ4v) is 6.27. The molecule has 1 fully saturated rings. The Morgan fingerprint density at radius 1 is 1.16 bits per heavy atom. The second-order valence-electron chi connectivity index (χ2n) is 5.78. The Labute approximate surface area is 158 Å². The lowest BCUT2D eigenvalue weighted by atomic mass is 10.1. The fourth-order valence-electron chi connectivity index (χ4n) is 2.69. The average molecular weight is 445 g/mol. The molecule has 1 amide bonds. The molecule has 0 spiro atoms. The largest absolute Gasteiger partial charge is 0.507 e. The van der Waals surface area contributed by atoms with Gasteiger partial charge >= 0.3 is 0 Å². The predicted octanol–water partition coefficient (Wildman–Crippen LogP) is 2.67. The molecule has 1 aliphatic heterocycles. The van der Waals surface area contributed by atoms with Gasteiger partial charge in [0, 0.05) is 26.2 Å². The van der Waals surface area contributed by atoms with E-state index < -0.39 is 10.0 Å². The van der Waals surface area contributed by atoms with Crippen LogP contribution in [0.2, 0.25) is 0 Å². The summed E-state index contributed by atoms with van der Waals surface area (Å²) in [6.07, 6.45) is 0. The molecule has 1 saturated heterocycles. The van der Waals surface area contributed by atoms with Gasteiger partial charge < -0.3 is 10.0 Å². The number of phenolic OH excluding ortho intramolecular Hbond substituents is 1. The first-order chi connectivity index (χ1) is 11.8. The van der Waals surface area contributed by atoms with Gasteiger partial charge in [0.1, 0.15) is 9.96 Å². The molecule has 9 heteroatoms. The van der Waals surface area contributed by atoms with Gasteiger partial charge in [-0.2, -0.15) is 4.31 Å². The lowest BCUT2D eigenvalue weighted by Gasteiger charge is -2.33. The zero-order valence-corrected chi connectivity index (χ0v) is 16.7. The van der Waals surface area contributed by atoms with Crippen molar-refractivity contribution < 1.29 is 18.3 Å². The fraction of sp³-hybridized carbons (Fsp3) is 0.312. The second-order valence-corrected chi connectivity index (χ2v) is 10.4. The summed E-state index contributed by atoms with van der Waals surface area (Å²) in [6.45, 7) is 2.89. The number of rotatable bonds is 3. The third kappa shape index (κ3) is 3.74. The van der Waals surface area contributed by atoms with E-state index in [9.17, 15) is 18.3 Å². The number of phenols is 1. The van der Waals surface area contributed by atoms with Crippen LogP contribution in [0.25, 0.3) is 0 Å². The highest BCUT2D eigenvalue weighted by Gasteiger charge is 2.31. The molecule has 0 atom stereocenters. The van der Waals surface area contributed by atoms with Crippen LogP contribution in [0.1, 0.15) is 15.9 Å². The molecule has 0 bridgehead atoms. The molecule has 2 aromatic rings. The highest BCUT2D eigenvalue weighted by atomic mass is 79.9. The molecule has 1 aliphatic rings. The van der Waals surface area contributed by atoms with Gasteiger partial charge in [-0.25, -0.2) is 8.42 Å². The van der Waals surface area contributed by atoms with E-state index in [1.165, 1.54) is 21.7 Å². The number of hydrogen-bond acceptors (Lipinski definition) is 5. The number of nitrogens with zero attached hydrogens (tertiary/aromatic N) is 2. The maximum absolute atomic E-state index is 12.6. The highest BCUT2D eigenvalue weighted by Crippen LogP contribution is 2.29. The minimum Gasteiger partial charge on any atom is -0.507 e. The number of carbonyl (C=O) groups excluding carboxylic acids is 1. The molecule has 0 radical (unpaired) electrons. The average Bonchev–Trinajstić information content (AvgIpc) is 3.04. The van der Waals surface area contributed by atoms with Gasteiger partial charge in [-0.05, 0) is 47.1 Å². The third-order valence-corrected chi connectivity index (χ3v) is 8.04. The first-order valence-corrected chi connectivity index (χ1v) is 10.7. The van der Waals surface area contributed by atoms with E-state index >= 15 is 0 Å². The van der Waals surface area contributed by atoms with Crippen LogP contribution in [0.15, 0.2) is 38.3 Å². The standard InChI is InChI=1S/C16H17BrN2O4S2/c1-11-2-3-13(20)12(10-11)16(21)18-6-8-19(9-7-18)25(22,23)15-5-4-14(17)24-15/h2-5,10,20H,6-9H2,1H3. The SMILES string of the molecule is Cc1ccc(O)c(C(=O)N2CCN(S(=O)(=O)c3ccc(Br)s3)CC2)c1. The second kappa shape index (κ2) is 7.06.